The van der Waals surface area contributed by atoms with Crippen molar-refractivity contribution in [3.05, 3.63) is 35.6 Å². The van der Waals surface area contributed by atoms with Gasteiger partial charge in [0.2, 0.25) is 5.91 Å². The predicted octanol–water partition coefficient (Wildman–Crippen LogP) is 3.27. The van der Waals surface area contributed by atoms with Crippen LogP contribution in [-0.4, -0.2) is 61.5 Å². The number of hydrogen-bond donors (Lipinski definition) is 0. The molecule has 1 aliphatic rings. The van der Waals surface area contributed by atoms with E-state index in [9.17, 15) is 14.0 Å². The maximum absolute atomic E-state index is 13.3. The van der Waals surface area contributed by atoms with Crippen LogP contribution in [0.15, 0.2) is 24.3 Å². The molecule has 1 fully saturated rings. The number of carbonyl (C=O) groups excluding carboxylic acids is 2. The van der Waals surface area contributed by atoms with E-state index in [1.165, 1.54) is 13.2 Å². The van der Waals surface area contributed by atoms with Gasteiger partial charge in [-0.1, -0.05) is 12.1 Å². The summed E-state index contributed by atoms with van der Waals surface area (Å²) in [6.07, 6.45) is 4.31. The van der Waals surface area contributed by atoms with Gasteiger partial charge in [-0.15, -0.1) is 0 Å². The third-order valence-corrected chi connectivity index (χ3v) is 5.42. The van der Waals surface area contributed by atoms with Gasteiger partial charge in [-0.3, -0.25) is 9.59 Å². The van der Waals surface area contributed by atoms with E-state index >= 15 is 0 Å². The first kappa shape index (κ1) is 22.3. The van der Waals surface area contributed by atoms with E-state index in [0.717, 1.165) is 51.0 Å². The summed E-state index contributed by atoms with van der Waals surface area (Å²) in [7, 11) is 1.37. The lowest BCUT2D eigenvalue weighted by Gasteiger charge is -2.35. The molecule has 2 rings (SSSR count). The lowest BCUT2D eigenvalue weighted by atomic mass is 9.96. The van der Waals surface area contributed by atoms with Gasteiger partial charge in [-0.05, 0) is 62.8 Å². The number of amides is 1. The number of methoxy groups -OCH3 is 1. The SMILES string of the molecule is CCN(CC1CCCN(CCc2cccc(F)c2)C1)C(=O)CCCC(=O)OC. The summed E-state index contributed by atoms with van der Waals surface area (Å²) < 4.78 is 18.0. The molecule has 5 nitrogen and oxygen atoms in total. The third kappa shape index (κ3) is 7.58. The zero-order chi connectivity index (χ0) is 20.4. The summed E-state index contributed by atoms with van der Waals surface area (Å²) >= 11 is 0. The van der Waals surface area contributed by atoms with Gasteiger partial charge >= 0.3 is 5.97 Å². The van der Waals surface area contributed by atoms with Crippen LogP contribution in [0, 0.1) is 11.7 Å². The molecular weight excluding hydrogens is 359 g/mol. The first-order chi connectivity index (χ1) is 13.5. The van der Waals surface area contributed by atoms with Crippen LogP contribution in [0.3, 0.4) is 0 Å². The molecule has 28 heavy (non-hydrogen) atoms. The maximum Gasteiger partial charge on any atom is 0.305 e. The Bertz CT molecular complexity index is 638. The van der Waals surface area contributed by atoms with Gasteiger partial charge in [-0.2, -0.15) is 0 Å². The molecule has 1 amide bonds. The largest absolute Gasteiger partial charge is 0.469 e. The van der Waals surface area contributed by atoms with Crippen molar-refractivity contribution >= 4 is 11.9 Å². The van der Waals surface area contributed by atoms with Crippen molar-refractivity contribution in [2.45, 2.75) is 45.4 Å². The van der Waals surface area contributed by atoms with Crippen molar-refractivity contribution in [1.29, 1.82) is 0 Å². The quantitative estimate of drug-likeness (QED) is 0.574. The molecular formula is C22H33FN2O3. The van der Waals surface area contributed by atoms with Crippen LogP contribution < -0.4 is 0 Å². The van der Waals surface area contributed by atoms with Gasteiger partial charge in [0.1, 0.15) is 5.82 Å². The molecule has 156 valence electrons. The van der Waals surface area contributed by atoms with Crippen molar-refractivity contribution in [3.63, 3.8) is 0 Å². The highest BCUT2D eigenvalue weighted by atomic mass is 19.1. The van der Waals surface area contributed by atoms with Crippen molar-refractivity contribution in [1.82, 2.24) is 9.80 Å². The first-order valence-corrected chi connectivity index (χ1v) is 10.3. The second kappa shape index (κ2) is 11.8. The molecule has 1 aromatic rings. The minimum absolute atomic E-state index is 0.114. The molecule has 6 heteroatoms. The molecule has 0 N–H and O–H groups in total. The van der Waals surface area contributed by atoms with Crippen LogP contribution in [0.5, 0.6) is 0 Å². The number of hydrogen-bond acceptors (Lipinski definition) is 4. The molecule has 0 spiro atoms. The Labute approximate surface area is 167 Å². The standard InChI is InChI=1S/C22H33FN2O3/c1-3-25(21(26)10-5-11-22(27)28-2)17-19-8-6-13-24(16-19)14-12-18-7-4-9-20(23)15-18/h4,7,9,15,19H,3,5-6,8,10-14,16-17H2,1-2H3. The number of nitrogens with zero attached hydrogens (tertiary/aromatic N) is 2. The fourth-order valence-electron chi connectivity index (χ4n) is 3.85. The Morgan fingerprint density at radius 3 is 2.86 bits per heavy atom. The van der Waals surface area contributed by atoms with Gasteiger partial charge in [0.15, 0.2) is 0 Å². The highest BCUT2D eigenvalue weighted by Crippen LogP contribution is 2.19. The Balaban J connectivity index is 1.76. The molecule has 0 aliphatic carbocycles. The lowest BCUT2D eigenvalue weighted by Crippen LogP contribution is -2.43. The second-order valence-corrected chi connectivity index (χ2v) is 7.55. The third-order valence-electron chi connectivity index (χ3n) is 5.42. The van der Waals surface area contributed by atoms with Gasteiger partial charge in [0.05, 0.1) is 7.11 Å². The number of halogens is 1. The van der Waals surface area contributed by atoms with Crippen LogP contribution in [0.1, 0.15) is 44.6 Å². The number of carbonyl (C=O) groups is 2. The summed E-state index contributed by atoms with van der Waals surface area (Å²) in [6.45, 7) is 6.41. The zero-order valence-corrected chi connectivity index (χ0v) is 17.2. The van der Waals surface area contributed by atoms with Crippen LogP contribution in [0.25, 0.3) is 0 Å². The van der Waals surface area contributed by atoms with Crippen molar-refractivity contribution in [2.75, 3.05) is 39.8 Å². The molecule has 1 heterocycles. The number of ether oxygens (including phenoxy) is 1. The summed E-state index contributed by atoms with van der Waals surface area (Å²) in [4.78, 5) is 28.0. The van der Waals surface area contributed by atoms with Gasteiger partial charge in [0, 0.05) is 39.0 Å². The maximum atomic E-state index is 13.3. The average Bonchev–Trinajstić information content (AvgIpc) is 2.70. The zero-order valence-electron chi connectivity index (χ0n) is 17.2. The minimum Gasteiger partial charge on any atom is -0.469 e. The topological polar surface area (TPSA) is 49.9 Å². The molecule has 0 saturated carbocycles. The Hall–Kier alpha value is -1.95. The molecule has 1 aliphatic heterocycles. The van der Waals surface area contributed by atoms with E-state index in [2.05, 4.69) is 9.64 Å². The number of likely N-dealkylation sites (tertiary alicyclic amines) is 1. The molecule has 0 bridgehead atoms. The van der Waals surface area contributed by atoms with Crippen LogP contribution in [0.2, 0.25) is 0 Å². The molecule has 1 unspecified atom stereocenters. The number of benzene rings is 1. The Morgan fingerprint density at radius 2 is 2.14 bits per heavy atom. The second-order valence-electron chi connectivity index (χ2n) is 7.55. The van der Waals surface area contributed by atoms with Gasteiger partial charge in [-0.25, -0.2) is 4.39 Å². The Kier molecular flexibility index (Phi) is 9.41. The van der Waals surface area contributed by atoms with Crippen molar-refractivity contribution in [2.24, 2.45) is 5.92 Å². The smallest absolute Gasteiger partial charge is 0.305 e. The van der Waals surface area contributed by atoms with Crippen LogP contribution in [0.4, 0.5) is 4.39 Å². The summed E-state index contributed by atoms with van der Waals surface area (Å²) in [5, 5.41) is 0. The molecule has 0 aromatic heterocycles. The van der Waals surface area contributed by atoms with Crippen molar-refractivity contribution in [3.8, 4) is 0 Å². The molecule has 1 aromatic carbocycles. The summed E-state index contributed by atoms with van der Waals surface area (Å²) in [6, 6.07) is 6.81. The van der Waals surface area contributed by atoms with E-state index in [0.29, 0.717) is 25.3 Å². The Morgan fingerprint density at radius 1 is 1.32 bits per heavy atom. The number of esters is 1. The number of rotatable bonds is 10. The van der Waals surface area contributed by atoms with Gasteiger partial charge in [0.25, 0.3) is 0 Å². The van der Waals surface area contributed by atoms with Crippen LogP contribution in [-0.2, 0) is 20.7 Å². The highest BCUT2D eigenvalue weighted by Gasteiger charge is 2.23. The summed E-state index contributed by atoms with van der Waals surface area (Å²) in [5.74, 6) is 0.129. The van der Waals surface area contributed by atoms with Crippen LogP contribution >= 0.6 is 0 Å². The fourth-order valence-corrected chi connectivity index (χ4v) is 3.85. The molecule has 1 saturated heterocycles. The van der Waals surface area contributed by atoms with E-state index in [1.807, 2.05) is 17.9 Å². The first-order valence-electron chi connectivity index (χ1n) is 10.3. The monoisotopic (exact) mass is 392 g/mol. The highest BCUT2D eigenvalue weighted by molar-refractivity contribution is 5.77. The van der Waals surface area contributed by atoms with E-state index in [-0.39, 0.29) is 24.1 Å². The van der Waals surface area contributed by atoms with E-state index in [4.69, 9.17) is 0 Å². The minimum atomic E-state index is -0.267. The van der Waals surface area contributed by atoms with Crippen molar-refractivity contribution < 1.29 is 18.7 Å². The normalized spacial score (nSPS) is 17.3. The fraction of sp³-hybridized carbons (Fsp3) is 0.636. The average molecular weight is 393 g/mol. The molecule has 1 atom stereocenters. The molecule has 0 radical (unpaired) electrons. The number of piperidine rings is 1. The van der Waals surface area contributed by atoms with E-state index < -0.39 is 0 Å². The lowest BCUT2D eigenvalue weighted by molar-refractivity contribution is -0.140. The predicted molar refractivity (Wildman–Crippen MR) is 107 cm³/mol. The summed E-state index contributed by atoms with van der Waals surface area (Å²) in [5.41, 5.74) is 1.03. The van der Waals surface area contributed by atoms with Gasteiger partial charge < -0.3 is 14.5 Å². The van der Waals surface area contributed by atoms with E-state index in [1.54, 1.807) is 12.1 Å².